The summed E-state index contributed by atoms with van der Waals surface area (Å²) in [4.78, 5) is 18.4. The molecular weight excluding hydrogens is 258 g/mol. The maximum atomic E-state index is 12.3. The van der Waals surface area contributed by atoms with Crippen LogP contribution < -0.4 is 16.2 Å². The number of hydrogen-bond donors (Lipinski definition) is 2. The number of aryl methyl sites for hydroxylation is 1. The van der Waals surface area contributed by atoms with E-state index in [0.717, 1.165) is 6.42 Å². The lowest BCUT2D eigenvalue weighted by molar-refractivity contribution is 0.314. The zero-order valence-electron chi connectivity index (χ0n) is 12.3. The molecule has 1 atom stereocenters. The Kier molecular flexibility index (Phi) is 6.02. The molecule has 1 heterocycles. The van der Waals surface area contributed by atoms with Gasteiger partial charge in [-0.05, 0) is 13.3 Å². The van der Waals surface area contributed by atoms with Crippen LogP contribution in [0.1, 0.15) is 27.2 Å². The third-order valence-corrected chi connectivity index (χ3v) is 3.16. The van der Waals surface area contributed by atoms with Crippen molar-refractivity contribution in [2.45, 2.75) is 33.7 Å². The maximum Gasteiger partial charge on any atom is 0.293 e. The molecule has 3 N–H and O–H groups in total. The molecule has 0 aliphatic rings. The summed E-state index contributed by atoms with van der Waals surface area (Å²) in [6.07, 6.45) is 4.20. The molecule has 0 fully saturated rings. The summed E-state index contributed by atoms with van der Waals surface area (Å²) in [5.74, 6) is 0.385. The highest BCUT2D eigenvalue weighted by atomic mass is 16.4. The van der Waals surface area contributed by atoms with Crippen LogP contribution in [0.3, 0.4) is 0 Å². The van der Waals surface area contributed by atoms with E-state index in [1.807, 2.05) is 25.7 Å². The van der Waals surface area contributed by atoms with Gasteiger partial charge in [0.05, 0.1) is 0 Å². The van der Waals surface area contributed by atoms with E-state index in [2.05, 4.69) is 10.1 Å². The summed E-state index contributed by atoms with van der Waals surface area (Å²) in [5.41, 5.74) is 5.47. The molecule has 0 saturated heterocycles. The number of anilines is 1. The average molecular weight is 281 g/mol. The first kappa shape index (κ1) is 16.0. The van der Waals surface area contributed by atoms with E-state index in [1.54, 1.807) is 17.0 Å². The zero-order chi connectivity index (χ0) is 15.1. The van der Waals surface area contributed by atoms with Crippen molar-refractivity contribution in [2.24, 2.45) is 16.8 Å². The Morgan fingerprint density at radius 3 is 2.85 bits per heavy atom. The minimum Gasteiger partial charge on any atom is -0.409 e. The van der Waals surface area contributed by atoms with E-state index in [0.29, 0.717) is 25.5 Å². The molecule has 1 unspecified atom stereocenters. The van der Waals surface area contributed by atoms with Crippen LogP contribution in [0, 0.1) is 5.92 Å². The molecule has 0 bridgehead atoms. The summed E-state index contributed by atoms with van der Waals surface area (Å²) in [5, 5.41) is 11.7. The fourth-order valence-corrected chi connectivity index (χ4v) is 1.96. The molecule has 0 saturated carbocycles. The second kappa shape index (κ2) is 7.52. The van der Waals surface area contributed by atoms with Crippen molar-refractivity contribution in [3.05, 3.63) is 22.7 Å². The van der Waals surface area contributed by atoms with Crippen LogP contribution in [0.25, 0.3) is 0 Å². The van der Waals surface area contributed by atoms with Crippen LogP contribution in [0.5, 0.6) is 0 Å². The Hall–Kier alpha value is -2.05. The van der Waals surface area contributed by atoms with Gasteiger partial charge in [-0.25, -0.2) is 4.98 Å². The first-order valence-corrected chi connectivity index (χ1v) is 6.82. The van der Waals surface area contributed by atoms with Gasteiger partial charge in [-0.15, -0.1) is 0 Å². The van der Waals surface area contributed by atoms with E-state index >= 15 is 0 Å². The van der Waals surface area contributed by atoms with Crippen molar-refractivity contribution in [1.82, 2.24) is 9.55 Å². The number of nitrogens with zero attached hydrogens (tertiary/aromatic N) is 4. The highest BCUT2D eigenvalue weighted by molar-refractivity contribution is 5.82. The number of nitrogens with two attached hydrogens (primary N) is 1. The quantitative estimate of drug-likeness (QED) is 0.334. The smallest absolute Gasteiger partial charge is 0.293 e. The number of hydrogen-bond acceptors (Lipinski definition) is 5. The van der Waals surface area contributed by atoms with Gasteiger partial charge >= 0.3 is 0 Å². The van der Waals surface area contributed by atoms with Gasteiger partial charge in [-0.3, -0.25) is 4.79 Å². The normalized spacial score (nSPS) is 13.2. The van der Waals surface area contributed by atoms with E-state index in [1.165, 1.54) is 0 Å². The summed E-state index contributed by atoms with van der Waals surface area (Å²) in [6.45, 7) is 7.57. The lowest BCUT2D eigenvalue weighted by atomic mass is 10.1. The molecule has 1 aromatic heterocycles. The number of oxime groups is 1. The number of aromatic nitrogens is 2. The molecule has 0 spiro atoms. The van der Waals surface area contributed by atoms with Gasteiger partial charge < -0.3 is 20.4 Å². The van der Waals surface area contributed by atoms with Gasteiger partial charge in [0.25, 0.3) is 5.56 Å². The monoisotopic (exact) mass is 281 g/mol. The second-order valence-corrected chi connectivity index (χ2v) is 4.71. The maximum absolute atomic E-state index is 12.3. The van der Waals surface area contributed by atoms with Gasteiger partial charge in [0.2, 0.25) is 0 Å². The lowest BCUT2D eigenvalue weighted by Crippen LogP contribution is -2.39. The first-order valence-electron chi connectivity index (χ1n) is 6.82. The molecule has 0 aliphatic heterocycles. The second-order valence-electron chi connectivity index (χ2n) is 4.71. The van der Waals surface area contributed by atoms with Gasteiger partial charge in [0.1, 0.15) is 5.84 Å². The molecule has 0 aliphatic carbocycles. The van der Waals surface area contributed by atoms with Crippen LogP contribution in [-0.4, -0.2) is 33.7 Å². The highest BCUT2D eigenvalue weighted by Crippen LogP contribution is 2.08. The van der Waals surface area contributed by atoms with E-state index < -0.39 is 0 Å². The fraction of sp³-hybridized carbons (Fsp3) is 0.615. The molecule has 1 rings (SSSR count). The molecule has 1 aromatic rings. The van der Waals surface area contributed by atoms with Gasteiger partial charge in [-0.2, -0.15) is 0 Å². The van der Waals surface area contributed by atoms with Crippen LogP contribution in [-0.2, 0) is 6.54 Å². The molecule has 0 amide bonds. The topological polar surface area (TPSA) is 96.7 Å². The molecule has 7 nitrogen and oxygen atoms in total. The van der Waals surface area contributed by atoms with Crippen molar-refractivity contribution in [3.63, 3.8) is 0 Å². The van der Waals surface area contributed by atoms with Crippen molar-refractivity contribution in [1.29, 1.82) is 0 Å². The van der Waals surface area contributed by atoms with E-state index in [9.17, 15) is 4.79 Å². The summed E-state index contributed by atoms with van der Waals surface area (Å²) in [6, 6.07) is 0. The van der Waals surface area contributed by atoms with Crippen LogP contribution in [0.4, 0.5) is 5.82 Å². The lowest BCUT2D eigenvalue weighted by Gasteiger charge is -2.24. The minimum absolute atomic E-state index is 0.108. The van der Waals surface area contributed by atoms with Crippen LogP contribution in [0.2, 0.25) is 0 Å². The Bertz CT molecular complexity index is 512. The number of rotatable bonds is 7. The molecule has 0 radical (unpaired) electrons. The Labute approximate surface area is 118 Å². The fourth-order valence-electron chi connectivity index (χ4n) is 1.96. The predicted molar refractivity (Wildman–Crippen MR) is 79.2 cm³/mol. The van der Waals surface area contributed by atoms with E-state index in [4.69, 9.17) is 10.9 Å². The standard InChI is InChI=1S/C13H23N5O2/c1-4-7-18-8-6-15-12(13(18)19)17(5-2)9-10(3)11(14)16-20/h6,8,10,20H,4-5,7,9H2,1-3H3,(H2,14,16). The van der Waals surface area contributed by atoms with Crippen molar-refractivity contribution >= 4 is 11.7 Å². The Morgan fingerprint density at radius 1 is 1.60 bits per heavy atom. The van der Waals surface area contributed by atoms with Gasteiger partial charge in [0, 0.05) is 37.9 Å². The van der Waals surface area contributed by atoms with Crippen molar-refractivity contribution < 1.29 is 5.21 Å². The third-order valence-electron chi connectivity index (χ3n) is 3.16. The predicted octanol–water partition coefficient (Wildman–Crippen LogP) is 0.862. The van der Waals surface area contributed by atoms with E-state index in [-0.39, 0.29) is 17.3 Å². The molecule has 20 heavy (non-hydrogen) atoms. The molecule has 7 heteroatoms. The summed E-state index contributed by atoms with van der Waals surface area (Å²) in [7, 11) is 0. The molecule has 0 aromatic carbocycles. The van der Waals surface area contributed by atoms with Crippen molar-refractivity contribution in [2.75, 3.05) is 18.0 Å². The SMILES string of the molecule is CCCn1ccnc(N(CC)CC(C)C(N)=NO)c1=O. The third kappa shape index (κ3) is 3.72. The average Bonchev–Trinajstić information content (AvgIpc) is 2.46. The van der Waals surface area contributed by atoms with Crippen LogP contribution >= 0.6 is 0 Å². The molecule has 112 valence electrons. The van der Waals surface area contributed by atoms with Gasteiger partial charge in [0.15, 0.2) is 5.82 Å². The zero-order valence-corrected chi connectivity index (χ0v) is 12.3. The summed E-state index contributed by atoms with van der Waals surface area (Å²) < 4.78 is 1.65. The van der Waals surface area contributed by atoms with Gasteiger partial charge in [-0.1, -0.05) is 19.0 Å². The minimum atomic E-state index is -0.166. The van der Waals surface area contributed by atoms with Crippen LogP contribution in [0.15, 0.2) is 22.3 Å². The Morgan fingerprint density at radius 2 is 2.30 bits per heavy atom. The number of amidine groups is 1. The molecular formula is C13H23N5O2. The Balaban J connectivity index is 3.01. The first-order chi connectivity index (χ1) is 9.54. The highest BCUT2D eigenvalue weighted by Gasteiger charge is 2.17. The summed E-state index contributed by atoms with van der Waals surface area (Å²) >= 11 is 0. The van der Waals surface area contributed by atoms with Crippen molar-refractivity contribution in [3.8, 4) is 0 Å². The largest absolute Gasteiger partial charge is 0.409 e.